The van der Waals surface area contributed by atoms with E-state index in [9.17, 15) is 16.8 Å². The van der Waals surface area contributed by atoms with Crippen LogP contribution in [-0.2, 0) is 19.1 Å². The topological polar surface area (TPSA) is 94.3 Å². The molecular weight excluding hydrogens is 274 g/mol. The lowest BCUT2D eigenvalue weighted by molar-refractivity contribution is 0.588. The molecule has 0 saturated carbocycles. The Kier molecular flexibility index (Phi) is 3.63. The Morgan fingerprint density at radius 2 is 1.56 bits per heavy atom. The highest BCUT2D eigenvalue weighted by Gasteiger charge is 2.18. The Labute approximate surface area is 98.7 Å². The average Bonchev–Trinajstić information content (AvgIpc) is 2.14. The number of rotatable bonds is 3. The molecule has 0 fully saturated rings. The van der Waals surface area contributed by atoms with Crippen LogP contribution in [0.1, 0.15) is 17.7 Å². The lowest BCUT2D eigenvalue weighted by Gasteiger charge is -2.09. The van der Waals surface area contributed by atoms with Gasteiger partial charge in [-0.1, -0.05) is 12.1 Å². The van der Waals surface area contributed by atoms with Gasteiger partial charge in [0.1, 0.15) is 0 Å². The second kappa shape index (κ2) is 4.33. The van der Waals surface area contributed by atoms with Crippen LogP contribution in [0.4, 0.5) is 0 Å². The van der Waals surface area contributed by atoms with Gasteiger partial charge in [-0.2, -0.15) is 0 Å². The van der Waals surface area contributed by atoms with E-state index in [4.69, 9.17) is 15.8 Å². The summed E-state index contributed by atoms with van der Waals surface area (Å²) in [6.07, 6.45) is 0. The first kappa shape index (κ1) is 13.4. The van der Waals surface area contributed by atoms with Gasteiger partial charge in [0.25, 0.3) is 9.05 Å². The standard InChI is InChI=1S/C8H10ClNO4S2/c1-6(16(10,13)14)7-2-4-8(5-3-7)15(9,11)12/h2-6H,1H3,(H2,10,13,14). The molecule has 1 atom stereocenters. The summed E-state index contributed by atoms with van der Waals surface area (Å²) < 4.78 is 44.0. The first-order valence-electron chi connectivity index (χ1n) is 4.18. The van der Waals surface area contributed by atoms with Gasteiger partial charge in [0.05, 0.1) is 10.1 Å². The van der Waals surface area contributed by atoms with Crippen LogP contribution in [0.3, 0.4) is 0 Å². The number of nitrogens with two attached hydrogens (primary N) is 1. The number of hydrogen-bond donors (Lipinski definition) is 1. The second-order valence-electron chi connectivity index (χ2n) is 3.24. The minimum Gasteiger partial charge on any atom is -0.228 e. The minimum absolute atomic E-state index is 0.0838. The van der Waals surface area contributed by atoms with Crippen LogP contribution in [0.25, 0.3) is 0 Å². The van der Waals surface area contributed by atoms with E-state index >= 15 is 0 Å². The lowest BCUT2D eigenvalue weighted by Crippen LogP contribution is -2.19. The summed E-state index contributed by atoms with van der Waals surface area (Å²) in [4.78, 5) is -0.0838. The van der Waals surface area contributed by atoms with Gasteiger partial charge in [-0.25, -0.2) is 22.0 Å². The maximum Gasteiger partial charge on any atom is 0.261 e. The molecule has 5 nitrogen and oxygen atoms in total. The Morgan fingerprint density at radius 3 is 1.88 bits per heavy atom. The van der Waals surface area contributed by atoms with Gasteiger partial charge in [-0.05, 0) is 24.6 Å². The van der Waals surface area contributed by atoms with Crippen LogP contribution in [0.2, 0.25) is 0 Å². The number of sulfonamides is 1. The zero-order chi connectivity index (χ0) is 12.6. The minimum atomic E-state index is -3.79. The molecule has 0 aromatic heterocycles. The van der Waals surface area contributed by atoms with E-state index in [1.165, 1.54) is 31.2 Å². The molecule has 0 aliphatic heterocycles. The normalized spacial score (nSPS) is 14.7. The fourth-order valence-corrected chi connectivity index (χ4v) is 2.40. The third-order valence-corrected chi connectivity index (χ3v) is 4.75. The largest absolute Gasteiger partial charge is 0.261 e. The van der Waals surface area contributed by atoms with E-state index in [0.29, 0.717) is 5.56 Å². The van der Waals surface area contributed by atoms with Crippen LogP contribution in [0, 0.1) is 0 Å². The van der Waals surface area contributed by atoms with E-state index in [2.05, 4.69) is 0 Å². The predicted molar refractivity (Wildman–Crippen MR) is 61.0 cm³/mol. The highest BCUT2D eigenvalue weighted by Crippen LogP contribution is 2.22. The van der Waals surface area contributed by atoms with Gasteiger partial charge in [-0.15, -0.1) is 0 Å². The molecule has 0 aliphatic rings. The van der Waals surface area contributed by atoms with Crippen LogP contribution in [0.5, 0.6) is 0 Å². The van der Waals surface area contributed by atoms with Gasteiger partial charge >= 0.3 is 0 Å². The monoisotopic (exact) mass is 283 g/mol. The van der Waals surface area contributed by atoms with Crippen molar-refractivity contribution in [2.24, 2.45) is 5.14 Å². The molecule has 1 aromatic carbocycles. The van der Waals surface area contributed by atoms with Crippen molar-refractivity contribution < 1.29 is 16.8 Å². The summed E-state index contributed by atoms with van der Waals surface area (Å²) in [6, 6.07) is 5.20. The third-order valence-electron chi connectivity index (χ3n) is 2.12. The van der Waals surface area contributed by atoms with Gasteiger partial charge in [-0.3, -0.25) is 0 Å². The summed E-state index contributed by atoms with van der Waals surface area (Å²) in [5, 5.41) is 4.07. The molecule has 0 heterocycles. The Morgan fingerprint density at radius 1 is 1.12 bits per heavy atom. The molecular formula is C8H10ClNO4S2. The summed E-state index contributed by atoms with van der Waals surface area (Å²) in [5.41, 5.74) is 0.409. The van der Waals surface area contributed by atoms with Crippen molar-refractivity contribution in [3.63, 3.8) is 0 Å². The van der Waals surface area contributed by atoms with E-state index in [1.54, 1.807) is 0 Å². The summed E-state index contributed by atoms with van der Waals surface area (Å²) in [5.74, 6) is 0. The highest BCUT2D eigenvalue weighted by atomic mass is 35.7. The van der Waals surface area contributed by atoms with Gasteiger partial charge in [0.2, 0.25) is 10.0 Å². The average molecular weight is 284 g/mol. The number of halogens is 1. The molecule has 1 unspecified atom stereocenters. The Bertz CT molecular complexity index is 577. The van der Waals surface area contributed by atoms with Crippen LogP contribution in [0.15, 0.2) is 29.2 Å². The first-order valence-corrected chi connectivity index (χ1v) is 8.10. The fraction of sp³-hybridized carbons (Fsp3) is 0.250. The van der Waals surface area contributed by atoms with Crippen molar-refractivity contribution in [1.29, 1.82) is 0 Å². The number of benzene rings is 1. The third kappa shape index (κ3) is 3.18. The Hall–Kier alpha value is -0.630. The van der Waals surface area contributed by atoms with Crippen LogP contribution in [-0.4, -0.2) is 16.8 Å². The maximum atomic E-state index is 11.0. The van der Waals surface area contributed by atoms with E-state index < -0.39 is 24.3 Å². The lowest BCUT2D eigenvalue weighted by atomic mass is 10.2. The van der Waals surface area contributed by atoms with Gasteiger partial charge in [0, 0.05) is 10.7 Å². The fourth-order valence-electron chi connectivity index (χ4n) is 1.09. The van der Waals surface area contributed by atoms with Crippen molar-refractivity contribution in [1.82, 2.24) is 0 Å². The zero-order valence-corrected chi connectivity index (χ0v) is 10.7. The molecule has 1 aromatic rings. The van der Waals surface area contributed by atoms with Gasteiger partial charge in [0.15, 0.2) is 0 Å². The van der Waals surface area contributed by atoms with Crippen molar-refractivity contribution in [2.75, 3.05) is 0 Å². The molecule has 0 spiro atoms. The van der Waals surface area contributed by atoms with E-state index in [0.717, 1.165) is 0 Å². The van der Waals surface area contributed by atoms with Crippen LogP contribution >= 0.6 is 10.7 Å². The molecule has 90 valence electrons. The molecule has 0 aliphatic carbocycles. The van der Waals surface area contributed by atoms with Crippen molar-refractivity contribution in [3.05, 3.63) is 29.8 Å². The molecule has 16 heavy (non-hydrogen) atoms. The van der Waals surface area contributed by atoms with Crippen molar-refractivity contribution in [3.8, 4) is 0 Å². The second-order valence-corrected chi connectivity index (χ2v) is 7.69. The molecule has 8 heteroatoms. The molecule has 0 amide bonds. The molecule has 0 bridgehead atoms. The Balaban J connectivity index is 3.15. The predicted octanol–water partition coefficient (Wildman–Crippen LogP) is 0.964. The summed E-state index contributed by atoms with van der Waals surface area (Å²) in [6.45, 7) is 1.42. The molecule has 2 N–H and O–H groups in total. The zero-order valence-electron chi connectivity index (χ0n) is 8.29. The van der Waals surface area contributed by atoms with Crippen LogP contribution < -0.4 is 5.14 Å². The van der Waals surface area contributed by atoms with Crippen molar-refractivity contribution >= 4 is 29.8 Å². The summed E-state index contributed by atoms with van der Waals surface area (Å²) in [7, 11) is -2.37. The first-order chi connectivity index (χ1) is 7.12. The highest BCUT2D eigenvalue weighted by molar-refractivity contribution is 8.13. The molecule has 0 saturated heterocycles. The van der Waals surface area contributed by atoms with Crippen molar-refractivity contribution in [2.45, 2.75) is 17.1 Å². The SMILES string of the molecule is CC(c1ccc(S(=O)(=O)Cl)cc1)S(N)(=O)=O. The van der Waals surface area contributed by atoms with E-state index in [1.807, 2.05) is 0 Å². The maximum absolute atomic E-state index is 11.0. The summed E-state index contributed by atoms with van der Waals surface area (Å²) >= 11 is 0. The quantitative estimate of drug-likeness (QED) is 0.836. The molecule has 1 rings (SSSR count). The van der Waals surface area contributed by atoms with Gasteiger partial charge < -0.3 is 0 Å². The molecule has 0 radical (unpaired) electrons. The van der Waals surface area contributed by atoms with E-state index in [-0.39, 0.29) is 4.90 Å². The number of hydrogen-bond acceptors (Lipinski definition) is 4. The smallest absolute Gasteiger partial charge is 0.228 e. The number of primary sulfonamides is 1.